The Balaban J connectivity index is 2.01. The lowest BCUT2D eigenvalue weighted by atomic mass is 10.1. The van der Waals surface area contributed by atoms with Crippen LogP contribution in [-0.4, -0.2) is 14.2 Å². The van der Waals surface area contributed by atoms with Crippen LogP contribution in [0.3, 0.4) is 0 Å². The van der Waals surface area contributed by atoms with Crippen molar-refractivity contribution in [3.63, 3.8) is 0 Å². The van der Waals surface area contributed by atoms with Crippen molar-refractivity contribution in [2.24, 2.45) is 0 Å². The van der Waals surface area contributed by atoms with E-state index in [1.54, 1.807) is 14.2 Å². The summed E-state index contributed by atoms with van der Waals surface area (Å²) in [7, 11) is 3.31. The summed E-state index contributed by atoms with van der Waals surface area (Å²) in [4.78, 5) is 2.67. The summed E-state index contributed by atoms with van der Waals surface area (Å²) >= 11 is 12.0. The monoisotopic (exact) mass is 386 g/mol. The summed E-state index contributed by atoms with van der Waals surface area (Å²) in [5, 5.41) is -0.211. The topological polar surface area (TPSA) is 18.5 Å². The van der Waals surface area contributed by atoms with E-state index in [0.29, 0.717) is 0 Å². The molecule has 5 heteroatoms. The van der Waals surface area contributed by atoms with Crippen molar-refractivity contribution in [1.29, 1.82) is 0 Å². The molecule has 1 aromatic heterocycles. The Labute approximate surface area is 142 Å². The number of thiophene rings is 1. The molecule has 0 radical (unpaired) electrons. The van der Waals surface area contributed by atoms with Crippen LogP contribution in [-0.2, 0) is 12.8 Å². The third-order valence-electron chi connectivity index (χ3n) is 3.79. The lowest BCUT2D eigenvalue weighted by molar-refractivity contribution is 0.397. The lowest BCUT2D eigenvalue weighted by Gasteiger charge is -2.15. The first-order chi connectivity index (χ1) is 10.1. The minimum atomic E-state index is -0.211. The highest BCUT2D eigenvalue weighted by molar-refractivity contribution is 9.10. The van der Waals surface area contributed by atoms with E-state index >= 15 is 0 Å². The lowest BCUT2D eigenvalue weighted by Crippen LogP contribution is -1.98. The molecule has 0 amide bonds. The van der Waals surface area contributed by atoms with Crippen LogP contribution < -0.4 is 9.47 Å². The van der Waals surface area contributed by atoms with E-state index in [0.717, 1.165) is 21.5 Å². The Kier molecular flexibility index (Phi) is 4.48. The molecule has 0 saturated heterocycles. The minimum Gasteiger partial charge on any atom is -0.496 e. The van der Waals surface area contributed by atoms with Gasteiger partial charge in [-0.3, -0.25) is 0 Å². The predicted molar refractivity (Wildman–Crippen MR) is 91.3 cm³/mol. The number of methoxy groups -OCH3 is 2. The number of fused-ring (bicyclic) bond motifs is 1. The first-order valence-corrected chi connectivity index (χ1v) is 8.85. The maximum Gasteiger partial charge on any atom is 0.133 e. The standard InChI is InChI=1S/C16H16BrClO2S/c1-19-12-8-11(17)13(20-2)7-10(12)16(18)15-6-9-4-3-5-14(9)21-15/h6-8,16H,3-5H2,1-2H3. The van der Waals surface area contributed by atoms with E-state index in [9.17, 15) is 0 Å². The van der Waals surface area contributed by atoms with Crippen molar-refractivity contribution >= 4 is 38.9 Å². The molecule has 1 heterocycles. The SMILES string of the molecule is COc1cc(C(Cl)c2cc3c(s2)CCC3)c(OC)cc1Br. The Bertz CT molecular complexity index is 647. The molecule has 1 aliphatic rings. The molecule has 2 aromatic rings. The van der Waals surface area contributed by atoms with Gasteiger partial charge in [0.15, 0.2) is 0 Å². The van der Waals surface area contributed by atoms with Gasteiger partial charge in [-0.2, -0.15) is 0 Å². The molecule has 21 heavy (non-hydrogen) atoms. The van der Waals surface area contributed by atoms with E-state index < -0.39 is 0 Å². The Hall–Kier alpha value is -0.710. The molecular weight excluding hydrogens is 372 g/mol. The van der Waals surface area contributed by atoms with Crippen molar-refractivity contribution in [2.75, 3.05) is 14.2 Å². The van der Waals surface area contributed by atoms with Crippen LogP contribution in [0.2, 0.25) is 0 Å². The maximum absolute atomic E-state index is 6.72. The van der Waals surface area contributed by atoms with E-state index in [1.807, 2.05) is 23.5 Å². The quantitative estimate of drug-likeness (QED) is 0.659. The van der Waals surface area contributed by atoms with Crippen LogP contribution in [0, 0.1) is 0 Å². The molecule has 2 nitrogen and oxygen atoms in total. The van der Waals surface area contributed by atoms with Crippen LogP contribution >= 0.6 is 38.9 Å². The van der Waals surface area contributed by atoms with Crippen LogP contribution in [0.5, 0.6) is 11.5 Å². The highest BCUT2D eigenvalue weighted by Crippen LogP contribution is 2.44. The molecule has 1 aromatic carbocycles. The van der Waals surface area contributed by atoms with Gasteiger partial charge in [0.1, 0.15) is 11.5 Å². The molecule has 0 fully saturated rings. The summed E-state index contributed by atoms with van der Waals surface area (Å²) in [6, 6.07) is 6.11. The van der Waals surface area contributed by atoms with Gasteiger partial charge in [-0.15, -0.1) is 22.9 Å². The average molecular weight is 388 g/mol. The zero-order valence-corrected chi connectivity index (χ0v) is 15.1. The van der Waals surface area contributed by atoms with E-state index in [4.69, 9.17) is 21.1 Å². The van der Waals surface area contributed by atoms with Crippen molar-refractivity contribution in [3.05, 3.63) is 43.6 Å². The first-order valence-electron chi connectivity index (χ1n) is 6.81. The number of hydrogen-bond donors (Lipinski definition) is 0. The summed E-state index contributed by atoms with van der Waals surface area (Å²) in [6.45, 7) is 0. The van der Waals surface area contributed by atoms with Gasteiger partial charge in [-0.25, -0.2) is 0 Å². The van der Waals surface area contributed by atoms with Crippen LogP contribution in [0.4, 0.5) is 0 Å². The largest absolute Gasteiger partial charge is 0.496 e. The molecule has 0 spiro atoms. The molecule has 1 aliphatic carbocycles. The fourth-order valence-corrected chi connectivity index (χ4v) is 4.82. The fourth-order valence-electron chi connectivity index (χ4n) is 2.71. The third kappa shape index (κ3) is 2.81. The minimum absolute atomic E-state index is 0.211. The van der Waals surface area contributed by atoms with Crippen molar-refractivity contribution in [1.82, 2.24) is 0 Å². The maximum atomic E-state index is 6.72. The molecular formula is C16H16BrClO2S. The van der Waals surface area contributed by atoms with Crippen LogP contribution in [0.25, 0.3) is 0 Å². The zero-order valence-electron chi connectivity index (χ0n) is 11.9. The van der Waals surface area contributed by atoms with Gasteiger partial charge in [0.25, 0.3) is 0 Å². The highest BCUT2D eigenvalue weighted by atomic mass is 79.9. The molecule has 0 aliphatic heterocycles. The molecule has 0 N–H and O–H groups in total. The average Bonchev–Trinajstić information content (AvgIpc) is 3.07. The molecule has 0 bridgehead atoms. The predicted octanol–water partition coefficient (Wildman–Crippen LogP) is 5.34. The van der Waals surface area contributed by atoms with E-state index in [-0.39, 0.29) is 5.38 Å². The number of hydrogen-bond acceptors (Lipinski definition) is 3. The molecule has 0 saturated carbocycles. The molecule has 1 unspecified atom stereocenters. The third-order valence-corrected chi connectivity index (χ3v) is 6.31. The summed E-state index contributed by atoms with van der Waals surface area (Å²) in [5.74, 6) is 1.54. The summed E-state index contributed by atoms with van der Waals surface area (Å²) in [5.41, 5.74) is 2.41. The zero-order chi connectivity index (χ0) is 15.0. The smallest absolute Gasteiger partial charge is 0.133 e. The Morgan fingerprint density at radius 3 is 2.57 bits per heavy atom. The van der Waals surface area contributed by atoms with Gasteiger partial charge in [0, 0.05) is 15.3 Å². The summed E-state index contributed by atoms with van der Waals surface area (Å²) in [6.07, 6.45) is 3.63. The number of aryl methyl sites for hydroxylation is 2. The van der Waals surface area contributed by atoms with Gasteiger partial charge in [0.2, 0.25) is 0 Å². The van der Waals surface area contributed by atoms with Gasteiger partial charge < -0.3 is 9.47 Å². The Morgan fingerprint density at radius 2 is 1.90 bits per heavy atom. The number of ether oxygens (including phenoxy) is 2. The Morgan fingerprint density at radius 1 is 1.14 bits per heavy atom. The molecule has 112 valence electrons. The fraction of sp³-hybridized carbons (Fsp3) is 0.375. The van der Waals surface area contributed by atoms with Crippen LogP contribution in [0.1, 0.15) is 32.7 Å². The second-order valence-corrected chi connectivity index (χ2v) is 7.50. The van der Waals surface area contributed by atoms with Gasteiger partial charge in [-0.05, 0) is 59.0 Å². The number of rotatable bonds is 4. The van der Waals surface area contributed by atoms with Gasteiger partial charge in [-0.1, -0.05) is 0 Å². The normalized spacial score (nSPS) is 14.9. The summed E-state index contributed by atoms with van der Waals surface area (Å²) < 4.78 is 11.7. The number of alkyl halides is 1. The van der Waals surface area contributed by atoms with E-state index in [2.05, 4.69) is 22.0 Å². The van der Waals surface area contributed by atoms with Crippen molar-refractivity contribution in [2.45, 2.75) is 24.6 Å². The van der Waals surface area contributed by atoms with Crippen molar-refractivity contribution < 1.29 is 9.47 Å². The molecule has 1 atom stereocenters. The second kappa shape index (κ2) is 6.19. The van der Waals surface area contributed by atoms with Gasteiger partial charge in [0.05, 0.1) is 24.1 Å². The number of benzene rings is 1. The van der Waals surface area contributed by atoms with Crippen LogP contribution in [0.15, 0.2) is 22.7 Å². The van der Waals surface area contributed by atoms with Crippen molar-refractivity contribution in [3.8, 4) is 11.5 Å². The first kappa shape index (κ1) is 15.2. The second-order valence-electron chi connectivity index (χ2n) is 5.04. The van der Waals surface area contributed by atoms with E-state index in [1.165, 1.54) is 34.6 Å². The highest BCUT2D eigenvalue weighted by Gasteiger charge is 2.23. The molecule has 3 rings (SSSR count). The van der Waals surface area contributed by atoms with Gasteiger partial charge >= 0.3 is 0 Å². The number of halogens is 2.